The molecule has 1 unspecified atom stereocenters. The Hall–Kier alpha value is -1.09. The molecule has 1 fully saturated rings. The van der Waals surface area contributed by atoms with Crippen LogP contribution in [-0.2, 0) is 6.54 Å². The van der Waals surface area contributed by atoms with Crippen molar-refractivity contribution < 1.29 is 0 Å². The summed E-state index contributed by atoms with van der Waals surface area (Å²) in [6, 6.07) is 4.25. The highest BCUT2D eigenvalue weighted by molar-refractivity contribution is 5.43. The minimum Gasteiger partial charge on any atom is -0.370 e. The first-order valence-corrected chi connectivity index (χ1v) is 7.73. The van der Waals surface area contributed by atoms with E-state index in [1.165, 1.54) is 37.9 Å². The monoisotopic (exact) mass is 261 g/mol. The van der Waals surface area contributed by atoms with Gasteiger partial charge in [-0.3, -0.25) is 4.90 Å². The van der Waals surface area contributed by atoms with Crippen LogP contribution in [0.2, 0.25) is 0 Å². The lowest BCUT2D eigenvalue weighted by Crippen LogP contribution is -2.21. The van der Waals surface area contributed by atoms with Crippen LogP contribution in [-0.4, -0.2) is 29.5 Å². The van der Waals surface area contributed by atoms with Crippen molar-refractivity contribution in [2.24, 2.45) is 5.92 Å². The minimum atomic E-state index is 0.911. The van der Waals surface area contributed by atoms with Gasteiger partial charge in [-0.15, -0.1) is 0 Å². The maximum absolute atomic E-state index is 4.48. The third kappa shape index (κ3) is 4.20. The second-order valence-electron chi connectivity index (χ2n) is 5.62. The molecule has 0 radical (unpaired) electrons. The number of hydrogen-bond donors (Lipinski definition) is 1. The van der Waals surface area contributed by atoms with Gasteiger partial charge < -0.3 is 5.32 Å². The highest BCUT2D eigenvalue weighted by atomic mass is 15.1. The summed E-state index contributed by atoms with van der Waals surface area (Å²) >= 11 is 0. The zero-order valence-electron chi connectivity index (χ0n) is 12.4. The van der Waals surface area contributed by atoms with Gasteiger partial charge in [0, 0.05) is 31.4 Å². The van der Waals surface area contributed by atoms with Crippen molar-refractivity contribution in [3.8, 4) is 0 Å². The fourth-order valence-electron chi connectivity index (χ4n) is 2.91. The highest BCUT2D eigenvalue weighted by Gasteiger charge is 2.22. The summed E-state index contributed by atoms with van der Waals surface area (Å²) in [5.74, 6) is 1.98. The van der Waals surface area contributed by atoms with Gasteiger partial charge in [-0.2, -0.15) is 0 Å². The van der Waals surface area contributed by atoms with Crippen LogP contribution in [0, 0.1) is 5.92 Å². The van der Waals surface area contributed by atoms with Crippen LogP contribution in [0.4, 0.5) is 5.82 Å². The topological polar surface area (TPSA) is 28.2 Å². The van der Waals surface area contributed by atoms with E-state index in [1.54, 1.807) is 0 Å². The quantitative estimate of drug-likeness (QED) is 0.814. The van der Waals surface area contributed by atoms with Gasteiger partial charge in [-0.25, -0.2) is 4.98 Å². The number of anilines is 1. The van der Waals surface area contributed by atoms with Crippen molar-refractivity contribution in [2.45, 2.75) is 46.1 Å². The zero-order chi connectivity index (χ0) is 13.5. The lowest BCUT2D eigenvalue weighted by Gasteiger charge is -2.18. The predicted molar refractivity (Wildman–Crippen MR) is 81.3 cm³/mol. The smallest absolute Gasteiger partial charge is 0.130 e. The molecule has 0 aliphatic carbocycles. The molecular weight excluding hydrogens is 234 g/mol. The third-order valence-electron chi connectivity index (χ3n) is 3.89. The molecule has 1 saturated heterocycles. The van der Waals surface area contributed by atoms with Crippen molar-refractivity contribution >= 4 is 5.82 Å². The fraction of sp³-hybridized carbons (Fsp3) is 0.688. The Labute approximate surface area is 117 Å². The molecule has 19 heavy (non-hydrogen) atoms. The molecule has 1 N–H and O–H groups in total. The van der Waals surface area contributed by atoms with E-state index in [1.807, 2.05) is 12.3 Å². The summed E-state index contributed by atoms with van der Waals surface area (Å²) < 4.78 is 0. The molecule has 0 bridgehead atoms. The molecule has 1 aromatic rings. The van der Waals surface area contributed by atoms with Crippen LogP contribution in [0.15, 0.2) is 18.3 Å². The summed E-state index contributed by atoms with van der Waals surface area (Å²) in [4.78, 5) is 7.05. The number of nitrogens with zero attached hydrogens (tertiary/aromatic N) is 2. The molecule has 0 saturated carbocycles. The van der Waals surface area contributed by atoms with Gasteiger partial charge in [0.1, 0.15) is 5.82 Å². The van der Waals surface area contributed by atoms with Crippen LogP contribution in [0.5, 0.6) is 0 Å². The van der Waals surface area contributed by atoms with Gasteiger partial charge in [0.15, 0.2) is 0 Å². The van der Waals surface area contributed by atoms with E-state index >= 15 is 0 Å². The molecule has 3 nitrogen and oxygen atoms in total. The SMILES string of the molecule is CCCNc1ncccc1CN1CCC(CCC)C1. The van der Waals surface area contributed by atoms with Crippen LogP contribution in [0.3, 0.4) is 0 Å². The van der Waals surface area contributed by atoms with Gasteiger partial charge in [0.2, 0.25) is 0 Å². The first-order chi connectivity index (χ1) is 9.33. The van der Waals surface area contributed by atoms with Gasteiger partial charge in [0.05, 0.1) is 0 Å². The van der Waals surface area contributed by atoms with Crippen molar-refractivity contribution in [1.82, 2.24) is 9.88 Å². The summed E-state index contributed by atoms with van der Waals surface area (Å²) in [5, 5.41) is 3.44. The van der Waals surface area contributed by atoms with E-state index in [-0.39, 0.29) is 0 Å². The molecule has 2 heterocycles. The number of pyridine rings is 1. The Balaban J connectivity index is 1.92. The first kappa shape index (κ1) is 14.3. The van der Waals surface area contributed by atoms with Gasteiger partial charge in [-0.05, 0) is 37.8 Å². The molecule has 1 atom stereocenters. The minimum absolute atomic E-state index is 0.911. The maximum atomic E-state index is 4.48. The Morgan fingerprint density at radius 1 is 1.37 bits per heavy atom. The van der Waals surface area contributed by atoms with Crippen LogP contribution in [0.25, 0.3) is 0 Å². The van der Waals surface area contributed by atoms with E-state index in [0.717, 1.165) is 31.2 Å². The largest absolute Gasteiger partial charge is 0.370 e. The second-order valence-corrected chi connectivity index (χ2v) is 5.62. The lowest BCUT2D eigenvalue weighted by atomic mass is 10.0. The number of aromatic nitrogens is 1. The van der Waals surface area contributed by atoms with E-state index in [9.17, 15) is 0 Å². The summed E-state index contributed by atoms with van der Waals surface area (Å²) in [7, 11) is 0. The maximum Gasteiger partial charge on any atom is 0.130 e. The molecule has 106 valence electrons. The Morgan fingerprint density at radius 3 is 3.05 bits per heavy atom. The molecule has 1 aliphatic heterocycles. The van der Waals surface area contributed by atoms with Gasteiger partial charge in [0.25, 0.3) is 0 Å². The molecule has 1 aromatic heterocycles. The molecule has 0 amide bonds. The van der Waals surface area contributed by atoms with Crippen molar-refractivity contribution in [2.75, 3.05) is 25.0 Å². The number of hydrogen-bond acceptors (Lipinski definition) is 3. The summed E-state index contributed by atoms with van der Waals surface area (Å²) in [5.41, 5.74) is 1.34. The lowest BCUT2D eigenvalue weighted by molar-refractivity contribution is 0.313. The number of likely N-dealkylation sites (tertiary alicyclic amines) is 1. The average Bonchev–Trinajstić information content (AvgIpc) is 2.86. The number of rotatable bonds is 7. The molecule has 0 aromatic carbocycles. The second kappa shape index (κ2) is 7.49. The third-order valence-corrected chi connectivity index (χ3v) is 3.89. The average molecular weight is 261 g/mol. The van der Waals surface area contributed by atoms with Crippen molar-refractivity contribution in [3.63, 3.8) is 0 Å². The molecule has 0 spiro atoms. The normalized spacial score (nSPS) is 19.8. The fourth-order valence-corrected chi connectivity index (χ4v) is 2.91. The van der Waals surface area contributed by atoms with Crippen molar-refractivity contribution in [3.05, 3.63) is 23.9 Å². The Morgan fingerprint density at radius 2 is 2.26 bits per heavy atom. The predicted octanol–water partition coefficient (Wildman–Crippen LogP) is 3.53. The van der Waals surface area contributed by atoms with Crippen LogP contribution >= 0.6 is 0 Å². The Bertz CT molecular complexity index is 378. The van der Waals surface area contributed by atoms with Crippen LogP contribution in [0.1, 0.15) is 45.1 Å². The van der Waals surface area contributed by atoms with E-state index < -0.39 is 0 Å². The summed E-state index contributed by atoms with van der Waals surface area (Å²) in [6.45, 7) is 9.02. The highest BCUT2D eigenvalue weighted by Crippen LogP contribution is 2.24. The standard InChI is InChI=1S/C16H27N3/c1-3-6-14-8-11-19(12-14)13-15-7-5-10-18-16(15)17-9-4-2/h5,7,10,14H,3-4,6,8-9,11-13H2,1-2H3,(H,17,18). The van der Waals surface area contributed by atoms with Crippen molar-refractivity contribution in [1.29, 1.82) is 0 Å². The van der Waals surface area contributed by atoms with E-state index in [2.05, 4.69) is 35.1 Å². The van der Waals surface area contributed by atoms with E-state index in [4.69, 9.17) is 0 Å². The van der Waals surface area contributed by atoms with E-state index in [0.29, 0.717) is 0 Å². The van der Waals surface area contributed by atoms with Gasteiger partial charge >= 0.3 is 0 Å². The zero-order valence-corrected chi connectivity index (χ0v) is 12.4. The first-order valence-electron chi connectivity index (χ1n) is 7.73. The molecule has 2 rings (SSSR count). The van der Waals surface area contributed by atoms with Crippen LogP contribution < -0.4 is 5.32 Å². The molecular formula is C16H27N3. The summed E-state index contributed by atoms with van der Waals surface area (Å²) in [6.07, 6.45) is 7.08. The number of nitrogens with one attached hydrogen (secondary N) is 1. The van der Waals surface area contributed by atoms with Gasteiger partial charge in [-0.1, -0.05) is 26.3 Å². The Kier molecular flexibility index (Phi) is 5.64. The molecule has 1 aliphatic rings. The molecule has 3 heteroatoms.